The van der Waals surface area contributed by atoms with Crippen LogP contribution in [0.5, 0.6) is 0 Å². The van der Waals surface area contributed by atoms with Gasteiger partial charge in [0.05, 0.1) is 11.2 Å². The molecule has 3 rings (SSSR count). The normalized spacial score (nSPS) is 12.0. The van der Waals surface area contributed by atoms with Gasteiger partial charge in [-0.25, -0.2) is 0 Å². The van der Waals surface area contributed by atoms with Gasteiger partial charge in [0, 0.05) is 15.9 Å². The quantitative estimate of drug-likeness (QED) is 0.553. The Morgan fingerprint density at radius 2 is 1.19 bits per heavy atom. The molecule has 0 heterocycles. The topological polar surface area (TPSA) is 40.5 Å². The van der Waals surface area contributed by atoms with Gasteiger partial charge in [-0.2, -0.15) is 0 Å². The third kappa shape index (κ3) is 3.46. The first-order valence-electron chi connectivity index (χ1n) is 8.64. The maximum atomic E-state index is 14.3. The van der Waals surface area contributed by atoms with E-state index in [1.54, 1.807) is 0 Å². The highest BCUT2D eigenvalue weighted by atomic mass is 31.2. The minimum atomic E-state index is -3.03. The molecule has 3 nitrogen and oxygen atoms in total. The van der Waals surface area contributed by atoms with Crippen molar-refractivity contribution >= 4 is 28.7 Å². The molecule has 0 aliphatic rings. The fourth-order valence-corrected chi connectivity index (χ4v) is 5.62. The van der Waals surface area contributed by atoms with Crippen molar-refractivity contribution in [1.29, 1.82) is 0 Å². The lowest BCUT2D eigenvalue weighted by molar-refractivity contribution is 0.181. The van der Waals surface area contributed by atoms with Crippen molar-refractivity contribution in [3.8, 4) is 0 Å². The van der Waals surface area contributed by atoms with E-state index in [0.29, 0.717) is 11.0 Å². The smallest absolute Gasteiger partial charge is 0.171 e. The number of hydroxylamine groups is 1. The van der Waals surface area contributed by atoms with E-state index in [1.165, 1.54) is 5.06 Å². The predicted octanol–water partition coefficient (Wildman–Crippen LogP) is 4.32. The van der Waals surface area contributed by atoms with Gasteiger partial charge in [-0.1, -0.05) is 72.8 Å². The highest BCUT2D eigenvalue weighted by Gasteiger charge is 2.30. The van der Waals surface area contributed by atoms with Crippen molar-refractivity contribution in [2.45, 2.75) is 26.3 Å². The second kappa shape index (κ2) is 7.11. The van der Waals surface area contributed by atoms with E-state index in [4.69, 9.17) is 0 Å². The first-order chi connectivity index (χ1) is 12.3. The zero-order valence-corrected chi connectivity index (χ0v) is 16.2. The molecule has 0 aliphatic carbocycles. The van der Waals surface area contributed by atoms with E-state index in [2.05, 4.69) is 0 Å². The maximum absolute atomic E-state index is 14.3. The van der Waals surface area contributed by atoms with Gasteiger partial charge in [0.1, 0.15) is 0 Å². The molecule has 0 radical (unpaired) electrons. The monoisotopic (exact) mass is 365 g/mol. The number of rotatable bonds is 4. The van der Waals surface area contributed by atoms with Gasteiger partial charge in [0.2, 0.25) is 0 Å². The summed E-state index contributed by atoms with van der Waals surface area (Å²) in [5.41, 5.74) is 0.171. The molecule has 0 fully saturated rings. The minimum Gasteiger partial charge on any atom is -0.309 e. The maximum Gasteiger partial charge on any atom is 0.171 e. The average Bonchev–Trinajstić information content (AvgIpc) is 2.67. The summed E-state index contributed by atoms with van der Waals surface area (Å²) in [6.45, 7) is 5.77. The summed E-state index contributed by atoms with van der Waals surface area (Å²) in [6.07, 6.45) is 0. The summed E-state index contributed by atoms with van der Waals surface area (Å²) in [4.78, 5) is 0. The lowest BCUT2D eigenvalue weighted by Crippen LogP contribution is -2.39. The molecule has 0 spiro atoms. The third-order valence-corrected chi connectivity index (χ3v) is 7.37. The van der Waals surface area contributed by atoms with Crippen molar-refractivity contribution in [3.63, 3.8) is 0 Å². The summed E-state index contributed by atoms with van der Waals surface area (Å²) in [5.74, 6) is 0. The van der Waals surface area contributed by atoms with Crippen LogP contribution in [-0.2, 0) is 4.57 Å². The molecular formula is C22H24NO2P. The zero-order valence-electron chi connectivity index (χ0n) is 15.3. The van der Waals surface area contributed by atoms with Crippen LogP contribution in [0.15, 0.2) is 84.9 Å². The molecule has 0 atom stereocenters. The van der Waals surface area contributed by atoms with Gasteiger partial charge in [-0.3, -0.25) is 10.3 Å². The van der Waals surface area contributed by atoms with Crippen LogP contribution in [0.1, 0.15) is 20.8 Å². The number of hydrogen-bond acceptors (Lipinski definition) is 3. The first-order valence-corrected chi connectivity index (χ1v) is 10.4. The molecule has 3 aromatic rings. The summed E-state index contributed by atoms with van der Waals surface area (Å²) in [6, 6.07) is 26.5. The Balaban J connectivity index is 2.20. The van der Waals surface area contributed by atoms with Crippen LogP contribution in [0.2, 0.25) is 0 Å². The van der Waals surface area contributed by atoms with Crippen LogP contribution < -0.4 is 21.0 Å². The second-order valence-electron chi connectivity index (χ2n) is 7.28. The van der Waals surface area contributed by atoms with Gasteiger partial charge >= 0.3 is 0 Å². The predicted molar refractivity (Wildman–Crippen MR) is 110 cm³/mol. The second-order valence-corrected chi connectivity index (χ2v) is 10.1. The third-order valence-electron chi connectivity index (χ3n) is 4.31. The van der Waals surface area contributed by atoms with Crippen molar-refractivity contribution < 1.29 is 9.77 Å². The highest BCUT2D eigenvalue weighted by molar-refractivity contribution is 7.85. The lowest BCUT2D eigenvalue weighted by Gasteiger charge is -2.32. The molecule has 0 unspecified atom stereocenters. The van der Waals surface area contributed by atoms with Crippen LogP contribution in [0.25, 0.3) is 0 Å². The van der Waals surface area contributed by atoms with Crippen LogP contribution in [0, 0.1) is 0 Å². The molecule has 3 aromatic carbocycles. The van der Waals surface area contributed by atoms with E-state index in [0.717, 1.165) is 10.6 Å². The summed E-state index contributed by atoms with van der Waals surface area (Å²) < 4.78 is 14.3. The summed E-state index contributed by atoms with van der Waals surface area (Å²) in [5, 5.41) is 14.0. The van der Waals surface area contributed by atoms with Gasteiger partial charge < -0.3 is 4.57 Å². The molecule has 0 saturated carbocycles. The van der Waals surface area contributed by atoms with E-state index in [1.807, 2.05) is 106 Å². The Morgan fingerprint density at radius 1 is 0.731 bits per heavy atom. The van der Waals surface area contributed by atoms with Crippen molar-refractivity contribution in [3.05, 3.63) is 84.9 Å². The number of nitrogens with zero attached hydrogens (tertiary/aromatic N) is 1. The SMILES string of the molecule is CC(C)(C)N(O)c1cccc(P(=O)(c2ccccc2)c2ccccc2)c1. The van der Waals surface area contributed by atoms with Crippen LogP contribution in [0.4, 0.5) is 5.69 Å². The van der Waals surface area contributed by atoms with Crippen LogP contribution in [-0.4, -0.2) is 10.7 Å². The van der Waals surface area contributed by atoms with Crippen molar-refractivity contribution in [2.75, 3.05) is 5.06 Å². The average molecular weight is 365 g/mol. The Hall–Kier alpha value is -2.35. The van der Waals surface area contributed by atoms with Gasteiger partial charge in [0.15, 0.2) is 7.14 Å². The zero-order chi connectivity index (χ0) is 18.8. The standard InChI is InChI=1S/C22H24NO2P/c1-22(2,3)23(24)18-11-10-16-21(17-18)26(25,19-12-6-4-7-13-19)20-14-8-5-9-15-20/h4-17,24H,1-3H3. The Bertz CT molecular complexity index is 874. The van der Waals surface area contributed by atoms with Gasteiger partial charge in [-0.05, 0) is 32.9 Å². The molecule has 1 N–H and O–H groups in total. The van der Waals surface area contributed by atoms with E-state index < -0.39 is 12.7 Å². The fraction of sp³-hybridized carbons (Fsp3) is 0.182. The van der Waals surface area contributed by atoms with Gasteiger partial charge in [-0.15, -0.1) is 0 Å². The Morgan fingerprint density at radius 3 is 1.65 bits per heavy atom. The summed E-state index contributed by atoms with van der Waals surface area (Å²) in [7, 11) is -3.03. The number of benzene rings is 3. The molecule has 0 saturated heterocycles. The van der Waals surface area contributed by atoms with Crippen LogP contribution >= 0.6 is 7.14 Å². The molecule has 0 bridgehead atoms. The lowest BCUT2D eigenvalue weighted by atomic mass is 10.1. The van der Waals surface area contributed by atoms with E-state index >= 15 is 0 Å². The largest absolute Gasteiger partial charge is 0.309 e. The molecule has 134 valence electrons. The van der Waals surface area contributed by atoms with Crippen molar-refractivity contribution in [1.82, 2.24) is 0 Å². The highest BCUT2D eigenvalue weighted by Crippen LogP contribution is 2.43. The van der Waals surface area contributed by atoms with Gasteiger partial charge in [0.25, 0.3) is 0 Å². The Kier molecular flexibility index (Phi) is 5.04. The first kappa shape index (κ1) is 18.4. The van der Waals surface area contributed by atoms with E-state index in [-0.39, 0.29) is 0 Å². The summed E-state index contributed by atoms with van der Waals surface area (Å²) >= 11 is 0. The Labute approximate surface area is 155 Å². The molecule has 4 heteroatoms. The van der Waals surface area contributed by atoms with E-state index in [9.17, 15) is 9.77 Å². The molecule has 26 heavy (non-hydrogen) atoms. The molecular weight excluding hydrogens is 341 g/mol. The minimum absolute atomic E-state index is 0.456. The number of anilines is 1. The van der Waals surface area contributed by atoms with Crippen LogP contribution in [0.3, 0.4) is 0 Å². The van der Waals surface area contributed by atoms with Crippen molar-refractivity contribution in [2.24, 2.45) is 0 Å². The fourth-order valence-electron chi connectivity index (χ4n) is 2.93. The number of hydrogen-bond donors (Lipinski definition) is 1. The molecule has 0 amide bonds. The molecule has 0 aliphatic heterocycles. The molecule has 0 aromatic heterocycles.